The van der Waals surface area contributed by atoms with Crippen molar-refractivity contribution < 1.29 is 10.2 Å². The maximum absolute atomic E-state index is 10.3. The highest BCUT2D eigenvalue weighted by atomic mass is 32.1. The fraction of sp³-hybridized carbons (Fsp3) is 0.826. The van der Waals surface area contributed by atoms with E-state index in [1.165, 1.54) is 77.0 Å². The van der Waals surface area contributed by atoms with Crippen molar-refractivity contribution in [3.63, 3.8) is 0 Å². The maximum atomic E-state index is 10.3. The van der Waals surface area contributed by atoms with Crippen molar-refractivity contribution in [2.24, 2.45) is 11.5 Å². The molecule has 0 aliphatic heterocycles. The first-order chi connectivity index (χ1) is 13.9. The molecule has 0 aliphatic rings. The van der Waals surface area contributed by atoms with Crippen LogP contribution in [-0.4, -0.2) is 31.9 Å². The molecule has 170 valence electrons. The van der Waals surface area contributed by atoms with Crippen molar-refractivity contribution in [1.29, 1.82) is 0 Å². The third-order valence-electron chi connectivity index (χ3n) is 5.47. The largest absolute Gasteiger partial charge is 0.390 e. The number of hydrogen-bond acceptors (Lipinski definition) is 4. The van der Waals surface area contributed by atoms with Gasteiger partial charge in [-0.3, -0.25) is 0 Å². The summed E-state index contributed by atoms with van der Waals surface area (Å²) in [7, 11) is 0. The van der Waals surface area contributed by atoms with Gasteiger partial charge < -0.3 is 21.7 Å². The number of nitrogens with two attached hydrogens (primary N) is 2. The van der Waals surface area contributed by atoms with E-state index < -0.39 is 11.7 Å². The molecule has 1 atom stereocenters. The molecule has 4 nitrogen and oxygen atoms in total. The molecule has 0 saturated heterocycles. The van der Waals surface area contributed by atoms with Crippen LogP contribution in [0, 0.1) is 0 Å². The van der Waals surface area contributed by atoms with Gasteiger partial charge in [-0.05, 0) is 32.1 Å². The van der Waals surface area contributed by atoms with Gasteiger partial charge in [0.2, 0.25) is 0 Å². The van der Waals surface area contributed by atoms with Gasteiger partial charge in [-0.1, -0.05) is 114 Å². The van der Waals surface area contributed by atoms with Crippen LogP contribution >= 0.6 is 24.4 Å². The lowest BCUT2D eigenvalue weighted by molar-refractivity contribution is 0.0171. The van der Waals surface area contributed by atoms with Crippen molar-refractivity contribution >= 4 is 34.4 Å². The van der Waals surface area contributed by atoms with Crippen LogP contribution in [0.4, 0.5) is 0 Å². The summed E-state index contributed by atoms with van der Waals surface area (Å²) in [6.45, 7) is 2.26. The van der Waals surface area contributed by atoms with E-state index in [0.29, 0.717) is 6.42 Å². The van der Waals surface area contributed by atoms with Gasteiger partial charge in [0, 0.05) is 0 Å². The van der Waals surface area contributed by atoms with Gasteiger partial charge in [0.25, 0.3) is 0 Å². The molecule has 0 spiro atoms. The summed E-state index contributed by atoms with van der Waals surface area (Å²) in [4.78, 5) is -0.531. The number of aliphatic hydroxyl groups excluding tert-OH is 1. The number of unbranched alkanes of at least 4 members (excludes halogenated alkanes) is 13. The second-order valence-electron chi connectivity index (χ2n) is 8.09. The van der Waals surface area contributed by atoms with E-state index >= 15 is 0 Å². The molecule has 0 aromatic carbocycles. The molecule has 29 heavy (non-hydrogen) atoms. The fourth-order valence-electron chi connectivity index (χ4n) is 3.42. The van der Waals surface area contributed by atoms with Gasteiger partial charge in [0.05, 0.1) is 6.10 Å². The monoisotopic (exact) mass is 444 g/mol. The zero-order chi connectivity index (χ0) is 22.0. The zero-order valence-corrected chi connectivity index (χ0v) is 20.0. The zero-order valence-electron chi connectivity index (χ0n) is 18.4. The molecule has 0 saturated carbocycles. The van der Waals surface area contributed by atoms with Gasteiger partial charge >= 0.3 is 0 Å². The summed E-state index contributed by atoms with van der Waals surface area (Å²) in [6, 6.07) is 0. The minimum atomic E-state index is -1.94. The molecule has 0 heterocycles. The number of aliphatic hydroxyl groups is 2. The molecule has 6 heteroatoms. The van der Waals surface area contributed by atoms with Gasteiger partial charge in [-0.15, -0.1) is 0 Å². The van der Waals surface area contributed by atoms with E-state index in [9.17, 15) is 10.2 Å². The van der Waals surface area contributed by atoms with E-state index in [-0.39, 0.29) is 9.98 Å². The summed E-state index contributed by atoms with van der Waals surface area (Å²) < 4.78 is 0. The van der Waals surface area contributed by atoms with Crippen LogP contribution in [0.15, 0.2) is 12.2 Å². The summed E-state index contributed by atoms with van der Waals surface area (Å²) >= 11 is 9.60. The third kappa shape index (κ3) is 13.4. The van der Waals surface area contributed by atoms with E-state index in [4.69, 9.17) is 35.9 Å². The molecule has 0 bridgehead atoms. The first-order valence-electron chi connectivity index (χ1n) is 11.5. The summed E-state index contributed by atoms with van der Waals surface area (Å²) in [6.07, 6.45) is 22.5. The quantitative estimate of drug-likeness (QED) is 0.113. The van der Waals surface area contributed by atoms with Crippen molar-refractivity contribution in [2.75, 3.05) is 0 Å². The normalized spacial score (nSPS) is 13.1. The fourth-order valence-corrected chi connectivity index (χ4v) is 3.98. The lowest BCUT2D eigenvalue weighted by Gasteiger charge is -2.30. The first kappa shape index (κ1) is 28.4. The molecule has 0 aliphatic carbocycles. The minimum absolute atomic E-state index is 0.265. The highest BCUT2D eigenvalue weighted by Crippen LogP contribution is 2.19. The average molecular weight is 445 g/mol. The number of allylic oxidation sites excluding steroid dienone is 2. The average Bonchev–Trinajstić information content (AvgIpc) is 2.69. The molecule has 0 fully saturated rings. The highest BCUT2D eigenvalue weighted by Gasteiger charge is 2.41. The Morgan fingerprint density at radius 2 is 1.14 bits per heavy atom. The van der Waals surface area contributed by atoms with Crippen LogP contribution < -0.4 is 11.5 Å². The van der Waals surface area contributed by atoms with Crippen molar-refractivity contribution in [2.45, 2.75) is 121 Å². The SMILES string of the molecule is CCCCCCCCC=CCCCCCCCCCC(O)C(O)(C(N)=S)C(N)=S. The Kier molecular flexibility index (Phi) is 17.9. The van der Waals surface area contributed by atoms with Crippen LogP contribution in [0.5, 0.6) is 0 Å². The molecule has 0 aromatic rings. The Morgan fingerprint density at radius 1 is 0.759 bits per heavy atom. The lowest BCUT2D eigenvalue weighted by atomic mass is 9.92. The van der Waals surface area contributed by atoms with Crippen LogP contribution in [0.2, 0.25) is 0 Å². The Labute approximate surface area is 189 Å². The first-order valence-corrected chi connectivity index (χ1v) is 12.3. The molecule has 0 amide bonds. The highest BCUT2D eigenvalue weighted by molar-refractivity contribution is 7.82. The Bertz CT molecular complexity index is 456. The van der Waals surface area contributed by atoms with E-state index in [0.717, 1.165) is 19.3 Å². The predicted molar refractivity (Wildman–Crippen MR) is 133 cm³/mol. The van der Waals surface area contributed by atoms with Crippen LogP contribution in [-0.2, 0) is 0 Å². The predicted octanol–water partition coefficient (Wildman–Crippen LogP) is 5.47. The maximum Gasteiger partial charge on any atom is 0.190 e. The number of thiocarbonyl (C=S) groups is 2. The number of hydrogen-bond donors (Lipinski definition) is 4. The van der Waals surface area contributed by atoms with Gasteiger partial charge in [-0.25, -0.2) is 0 Å². The summed E-state index contributed by atoms with van der Waals surface area (Å²) in [5.74, 6) is 0. The van der Waals surface area contributed by atoms with Crippen molar-refractivity contribution in [1.82, 2.24) is 0 Å². The summed E-state index contributed by atoms with van der Waals surface area (Å²) in [5, 5.41) is 20.4. The molecule has 6 N–H and O–H groups in total. The molecule has 1 unspecified atom stereocenters. The van der Waals surface area contributed by atoms with Gasteiger partial charge in [0.15, 0.2) is 5.60 Å². The van der Waals surface area contributed by atoms with Crippen LogP contribution in [0.1, 0.15) is 110 Å². The summed E-state index contributed by atoms with van der Waals surface area (Å²) in [5.41, 5.74) is 9.04. The Morgan fingerprint density at radius 3 is 1.55 bits per heavy atom. The molecule has 0 aromatic heterocycles. The topological polar surface area (TPSA) is 92.5 Å². The van der Waals surface area contributed by atoms with Crippen molar-refractivity contribution in [3.8, 4) is 0 Å². The van der Waals surface area contributed by atoms with Crippen LogP contribution in [0.25, 0.3) is 0 Å². The van der Waals surface area contributed by atoms with E-state index in [2.05, 4.69) is 19.1 Å². The second-order valence-corrected chi connectivity index (χ2v) is 8.97. The molecule has 0 radical (unpaired) electrons. The number of rotatable bonds is 20. The standard InChI is InChI=1S/C23H44N2O2S2/c1-2-3-4-5-6-7-8-9-10-11-12-13-14-15-16-17-18-19-20(26)23(27,21(24)28)22(25)29/h9-10,20,26-27H,2-8,11-19H2,1H3,(H2,24,28)(H2,25,29). The van der Waals surface area contributed by atoms with Gasteiger partial charge in [0.1, 0.15) is 9.98 Å². The molecule has 0 rings (SSSR count). The molecular weight excluding hydrogens is 400 g/mol. The smallest absolute Gasteiger partial charge is 0.190 e. The Balaban J connectivity index is 3.53. The van der Waals surface area contributed by atoms with Crippen LogP contribution in [0.3, 0.4) is 0 Å². The van der Waals surface area contributed by atoms with E-state index in [1.807, 2.05) is 0 Å². The van der Waals surface area contributed by atoms with Gasteiger partial charge in [-0.2, -0.15) is 0 Å². The molecular formula is C23H44N2O2S2. The minimum Gasteiger partial charge on any atom is -0.390 e. The third-order valence-corrected chi connectivity index (χ3v) is 6.10. The lowest BCUT2D eigenvalue weighted by Crippen LogP contribution is -2.60. The van der Waals surface area contributed by atoms with E-state index in [1.54, 1.807) is 0 Å². The second kappa shape index (κ2) is 18.2. The Hall–Kier alpha value is -0.560. The van der Waals surface area contributed by atoms with Crippen molar-refractivity contribution in [3.05, 3.63) is 12.2 Å².